The van der Waals surface area contributed by atoms with E-state index >= 15 is 0 Å². The largest absolute Gasteiger partial charge is 0.416 e. The lowest BCUT2D eigenvalue weighted by Gasteiger charge is -2.16. The van der Waals surface area contributed by atoms with Gasteiger partial charge in [-0.2, -0.15) is 18.3 Å². The summed E-state index contributed by atoms with van der Waals surface area (Å²) in [5.41, 5.74) is -0.186. The third-order valence-corrected chi connectivity index (χ3v) is 2.99. The van der Waals surface area contributed by atoms with Gasteiger partial charge >= 0.3 is 6.18 Å². The molecule has 0 saturated heterocycles. The van der Waals surface area contributed by atoms with Crippen LogP contribution in [0.4, 0.5) is 19.0 Å². The number of hydrogen-bond donors (Lipinski definition) is 0. The van der Waals surface area contributed by atoms with Gasteiger partial charge in [-0.05, 0) is 38.1 Å². The summed E-state index contributed by atoms with van der Waals surface area (Å²) in [6.45, 7) is 5.59. The Kier molecular flexibility index (Phi) is 3.96. The van der Waals surface area contributed by atoms with Crippen LogP contribution in [-0.2, 0) is 6.18 Å². The molecule has 2 rings (SSSR count). The molecule has 0 aliphatic rings. The standard InChI is InChI=1S/C13H15F3N4/c1-3-19(4-2)12-9-17-20(18-12)11-7-5-10(6-8-11)13(14,15)16/h5-9H,3-4H2,1-2H3. The Hall–Kier alpha value is -2.05. The first-order chi connectivity index (χ1) is 9.45. The lowest BCUT2D eigenvalue weighted by molar-refractivity contribution is -0.137. The minimum Gasteiger partial charge on any atom is -0.354 e. The maximum Gasteiger partial charge on any atom is 0.416 e. The maximum absolute atomic E-state index is 12.5. The Bertz CT molecular complexity index is 556. The van der Waals surface area contributed by atoms with E-state index in [0.717, 1.165) is 25.2 Å². The van der Waals surface area contributed by atoms with E-state index in [1.807, 2.05) is 18.7 Å². The summed E-state index contributed by atoms with van der Waals surface area (Å²) >= 11 is 0. The highest BCUT2D eigenvalue weighted by Gasteiger charge is 2.30. The zero-order chi connectivity index (χ0) is 14.8. The van der Waals surface area contributed by atoms with Crippen LogP contribution in [0.3, 0.4) is 0 Å². The van der Waals surface area contributed by atoms with Gasteiger partial charge in [0.25, 0.3) is 0 Å². The van der Waals surface area contributed by atoms with Crippen molar-refractivity contribution >= 4 is 5.82 Å². The first kappa shape index (κ1) is 14.4. The van der Waals surface area contributed by atoms with Crippen molar-refractivity contribution in [3.05, 3.63) is 36.0 Å². The molecule has 0 bridgehead atoms. The second-order valence-corrected chi connectivity index (χ2v) is 4.21. The molecule has 0 atom stereocenters. The minimum atomic E-state index is -4.33. The zero-order valence-corrected chi connectivity index (χ0v) is 11.2. The molecule has 0 unspecified atom stereocenters. The first-order valence-corrected chi connectivity index (χ1v) is 6.30. The van der Waals surface area contributed by atoms with E-state index in [9.17, 15) is 13.2 Å². The van der Waals surface area contributed by atoms with Crippen molar-refractivity contribution in [2.24, 2.45) is 0 Å². The van der Waals surface area contributed by atoms with Crippen LogP contribution in [-0.4, -0.2) is 28.1 Å². The highest BCUT2D eigenvalue weighted by Crippen LogP contribution is 2.29. The molecule has 0 aliphatic carbocycles. The summed E-state index contributed by atoms with van der Waals surface area (Å²) < 4.78 is 37.4. The Morgan fingerprint density at radius 2 is 1.70 bits per heavy atom. The summed E-state index contributed by atoms with van der Waals surface area (Å²) in [4.78, 5) is 3.33. The van der Waals surface area contributed by atoms with Crippen LogP contribution in [0, 0.1) is 0 Å². The van der Waals surface area contributed by atoms with Gasteiger partial charge in [0.2, 0.25) is 0 Å². The average molecular weight is 284 g/mol. The second kappa shape index (κ2) is 5.52. The Labute approximate surface area is 114 Å². The van der Waals surface area contributed by atoms with E-state index in [0.29, 0.717) is 11.5 Å². The van der Waals surface area contributed by atoms with Gasteiger partial charge in [0, 0.05) is 13.1 Å². The normalized spacial score (nSPS) is 11.7. The first-order valence-electron chi connectivity index (χ1n) is 6.30. The fourth-order valence-electron chi connectivity index (χ4n) is 1.86. The van der Waals surface area contributed by atoms with Crippen LogP contribution in [0.25, 0.3) is 5.69 Å². The van der Waals surface area contributed by atoms with Crippen molar-refractivity contribution in [1.29, 1.82) is 0 Å². The van der Waals surface area contributed by atoms with E-state index in [1.54, 1.807) is 6.20 Å². The minimum absolute atomic E-state index is 0.497. The molecule has 0 aliphatic heterocycles. The molecule has 7 heteroatoms. The smallest absolute Gasteiger partial charge is 0.354 e. The molecule has 1 aromatic heterocycles. The molecule has 2 aromatic rings. The van der Waals surface area contributed by atoms with Gasteiger partial charge < -0.3 is 4.90 Å². The van der Waals surface area contributed by atoms with Gasteiger partial charge in [0.1, 0.15) is 0 Å². The molecule has 1 heterocycles. The van der Waals surface area contributed by atoms with Crippen molar-refractivity contribution < 1.29 is 13.2 Å². The van der Waals surface area contributed by atoms with Crippen LogP contribution in [0.2, 0.25) is 0 Å². The van der Waals surface area contributed by atoms with Crippen molar-refractivity contribution in [1.82, 2.24) is 15.0 Å². The van der Waals surface area contributed by atoms with Gasteiger partial charge in [-0.15, -0.1) is 9.90 Å². The van der Waals surface area contributed by atoms with Gasteiger partial charge in [-0.1, -0.05) is 0 Å². The molecule has 20 heavy (non-hydrogen) atoms. The highest BCUT2D eigenvalue weighted by molar-refractivity contribution is 5.38. The number of halogens is 3. The van der Waals surface area contributed by atoms with Crippen molar-refractivity contribution in [2.75, 3.05) is 18.0 Å². The average Bonchev–Trinajstić information content (AvgIpc) is 2.89. The highest BCUT2D eigenvalue weighted by atomic mass is 19.4. The van der Waals surface area contributed by atoms with Gasteiger partial charge in [-0.25, -0.2) is 0 Å². The maximum atomic E-state index is 12.5. The van der Waals surface area contributed by atoms with Crippen LogP contribution in [0.1, 0.15) is 19.4 Å². The SMILES string of the molecule is CCN(CC)c1cnn(-c2ccc(C(F)(F)F)cc2)n1. The van der Waals surface area contributed by atoms with Crippen LogP contribution in [0.5, 0.6) is 0 Å². The number of anilines is 1. The number of benzene rings is 1. The summed E-state index contributed by atoms with van der Waals surface area (Å²) in [6.07, 6.45) is -2.73. The zero-order valence-electron chi connectivity index (χ0n) is 11.2. The third-order valence-electron chi connectivity index (χ3n) is 2.99. The van der Waals surface area contributed by atoms with E-state index in [2.05, 4.69) is 10.2 Å². The van der Waals surface area contributed by atoms with Gasteiger partial charge in [0.05, 0.1) is 17.4 Å². The number of aromatic nitrogens is 3. The number of rotatable bonds is 4. The predicted octanol–water partition coefficient (Wildman–Crippen LogP) is 3.13. The lowest BCUT2D eigenvalue weighted by Crippen LogP contribution is -2.22. The van der Waals surface area contributed by atoms with E-state index in [-0.39, 0.29) is 0 Å². The van der Waals surface area contributed by atoms with Gasteiger partial charge in [0.15, 0.2) is 5.82 Å². The quantitative estimate of drug-likeness (QED) is 0.865. The van der Waals surface area contributed by atoms with Crippen molar-refractivity contribution in [3.63, 3.8) is 0 Å². The fraction of sp³-hybridized carbons (Fsp3) is 0.385. The molecule has 0 spiro atoms. The van der Waals surface area contributed by atoms with E-state index in [4.69, 9.17) is 0 Å². The molecule has 0 N–H and O–H groups in total. The van der Waals surface area contributed by atoms with Crippen LogP contribution < -0.4 is 4.90 Å². The molecule has 108 valence electrons. The Morgan fingerprint density at radius 1 is 1.10 bits per heavy atom. The number of nitrogens with zero attached hydrogens (tertiary/aromatic N) is 4. The molecular weight excluding hydrogens is 269 g/mol. The molecule has 0 amide bonds. The summed E-state index contributed by atoms with van der Waals surface area (Å²) in [5.74, 6) is 0.704. The molecular formula is C13H15F3N4. The lowest BCUT2D eigenvalue weighted by atomic mass is 10.2. The van der Waals surface area contributed by atoms with E-state index < -0.39 is 11.7 Å². The second-order valence-electron chi connectivity index (χ2n) is 4.21. The third kappa shape index (κ3) is 2.92. The van der Waals surface area contributed by atoms with Gasteiger partial charge in [-0.3, -0.25) is 0 Å². The predicted molar refractivity (Wildman–Crippen MR) is 69.9 cm³/mol. The topological polar surface area (TPSA) is 34.0 Å². The summed E-state index contributed by atoms with van der Waals surface area (Å²) in [7, 11) is 0. The van der Waals surface area contributed by atoms with Crippen molar-refractivity contribution in [2.45, 2.75) is 20.0 Å². The summed E-state index contributed by atoms with van der Waals surface area (Å²) in [6, 6.07) is 4.76. The molecule has 4 nitrogen and oxygen atoms in total. The monoisotopic (exact) mass is 284 g/mol. The van der Waals surface area contributed by atoms with E-state index in [1.165, 1.54) is 16.9 Å². The number of hydrogen-bond acceptors (Lipinski definition) is 3. The Balaban J connectivity index is 2.24. The molecule has 1 aromatic carbocycles. The fourth-order valence-corrected chi connectivity index (χ4v) is 1.86. The molecule has 0 saturated carbocycles. The van der Waals surface area contributed by atoms with Crippen LogP contribution in [0.15, 0.2) is 30.5 Å². The summed E-state index contributed by atoms with van der Waals surface area (Å²) in [5, 5.41) is 8.34. The number of alkyl halides is 3. The Morgan fingerprint density at radius 3 is 2.20 bits per heavy atom. The molecule has 0 radical (unpaired) electrons. The van der Waals surface area contributed by atoms with Crippen molar-refractivity contribution in [3.8, 4) is 5.69 Å². The van der Waals surface area contributed by atoms with Crippen LogP contribution >= 0.6 is 0 Å². The molecule has 0 fully saturated rings.